The first-order chi connectivity index (χ1) is 12.9. The van der Waals surface area contributed by atoms with Crippen LogP contribution in [-0.4, -0.2) is 11.1 Å². The van der Waals surface area contributed by atoms with Crippen molar-refractivity contribution in [1.82, 2.24) is 0 Å². The van der Waals surface area contributed by atoms with Crippen LogP contribution in [0.15, 0.2) is 60.7 Å². The normalized spacial score (nSPS) is 10.5. The molecule has 0 radical (unpaired) electrons. The first kappa shape index (κ1) is 19.4. The quantitative estimate of drug-likeness (QED) is 0.478. The highest BCUT2D eigenvalue weighted by Crippen LogP contribution is 2.39. The van der Waals surface area contributed by atoms with Crippen molar-refractivity contribution in [1.29, 1.82) is 0 Å². The van der Waals surface area contributed by atoms with Crippen molar-refractivity contribution < 1.29 is 19.4 Å². The number of aromatic carboxylic acids is 1. The molecular formula is C20H13Cl3O4. The molecule has 0 aliphatic carbocycles. The Morgan fingerprint density at radius 1 is 0.852 bits per heavy atom. The Labute approximate surface area is 170 Å². The van der Waals surface area contributed by atoms with E-state index in [2.05, 4.69) is 0 Å². The van der Waals surface area contributed by atoms with Gasteiger partial charge in [-0.1, -0.05) is 65.1 Å². The van der Waals surface area contributed by atoms with E-state index >= 15 is 0 Å². The van der Waals surface area contributed by atoms with Crippen molar-refractivity contribution in [3.05, 3.63) is 86.9 Å². The van der Waals surface area contributed by atoms with E-state index in [0.29, 0.717) is 16.5 Å². The molecule has 0 aliphatic heterocycles. The SMILES string of the molecule is O=C(O)c1cc(Oc2ccc(Cl)cc2Cl)c(OCc2ccccc2)cc1Cl. The van der Waals surface area contributed by atoms with Gasteiger partial charge in [-0.05, 0) is 23.8 Å². The Kier molecular flexibility index (Phi) is 6.11. The summed E-state index contributed by atoms with van der Waals surface area (Å²) in [6.45, 7) is 0.258. The number of rotatable bonds is 6. The van der Waals surface area contributed by atoms with Crippen LogP contribution < -0.4 is 9.47 Å². The summed E-state index contributed by atoms with van der Waals surface area (Å²) in [4.78, 5) is 11.4. The highest BCUT2D eigenvalue weighted by molar-refractivity contribution is 6.35. The van der Waals surface area contributed by atoms with E-state index in [1.165, 1.54) is 18.2 Å². The molecule has 0 heterocycles. The fourth-order valence-electron chi connectivity index (χ4n) is 2.30. The van der Waals surface area contributed by atoms with Gasteiger partial charge in [0, 0.05) is 17.2 Å². The fourth-order valence-corrected chi connectivity index (χ4v) is 2.98. The lowest BCUT2D eigenvalue weighted by molar-refractivity contribution is 0.0696. The third kappa shape index (κ3) is 4.86. The van der Waals surface area contributed by atoms with Crippen LogP contribution in [0, 0.1) is 0 Å². The zero-order valence-corrected chi connectivity index (χ0v) is 16.1. The van der Waals surface area contributed by atoms with Gasteiger partial charge in [-0.25, -0.2) is 4.79 Å². The molecule has 138 valence electrons. The lowest BCUT2D eigenvalue weighted by Gasteiger charge is -2.15. The minimum Gasteiger partial charge on any atom is -0.485 e. The van der Waals surface area contributed by atoms with Crippen LogP contribution in [0.25, 0.3) is 0 Å². The van der Waals surface area contributed by atoms with E-state index in [1.54, 1.807) is 12.1 Å². The van der Waals surface area contributed by atoms with Gasteiger partial charge in [0.2, 0.25) is 0 Å². The molecule has 3 rings (SSSR count). The number of hydrogen-bond donors (Lipinski definition) is 1. The molecule has 0 atom stereocenters. The number of benzene rings is 3. The molecule has 0 spiro atoms. The molecule has 3 aromatic carbocycles. The molecule has 0 saturated carbocycles. The van der Waals surface area contributed by atoms with Crippen molar-refractivity contribution in [2.75, 3.05) is 0 Å². The summed E-state index contributed by atoms with van der Waals surface area (Å²) >= 11 is 18.1. The van der Waals surface area contributed by atoms with Gasteiger partial charge >= 0.3 is 5.97 Å². The van der Waals surface area contributed by atoms with Crippen molar-refractivity contribution in [2.24, 2.45) is 0 Å². The topological polar surface area (TPSA) is 55.8 Å². The second-order valence-electron chi connectivity index (χ2n) is 5.54. The second kappa shape index (κ2) is 8.53. The highest BCUT2D eigenvalue weighted by Gasteiger charge is 2.17. The van der Waals surface area contributed by atoms with Gasteiger partial charge in [0.15, 0.2) is 11.5 Å². The van der Waals surface area contributed by atoms with E-state index in [0.717, 1.165) is 5.56 Å². The lowest BCUT2D eigenvalue weighted by Crippen LogP contribution is -2.02. The molecule has 0 aromatic heterocycles. The first-order valence-electron chi connectivity index (χ1n) is 7.80. The molecule has 0 unspecified atom stereocenters. The summed E-state index contributed by atoms with van der Waals surface area (Å²) in [6, 6.07) is 16.9. The molecule has 3 aromatic rings. The van der Waals surface area contributed by atoms with E-state index in [1.807, 2.05) is 30.3 Å². The average molecular weight is 424 g/mol. The largest absolute Gasteiger partial charge is 0.485 e. The molecule has 0 amide bonds. The van der Waals surface area contributed by atoms with Crippen LogP contribution in [0.3, 0.4) is 0 Å². The standard InChI is InChI=1S/C20H13Cl3O4/c21-13-6-7-17(16(23)8-13)27-19-9-14(20(24)25)15(22)10-18(19)26-11-12-4-2-1-3-5-12/h1-10H,11H2,(H,24,25). The van der Waals surface area contributed by atoms with Gasteiger partial charge in [-0.2, -0.15) is 0 Å². The molecule has 27 heavy (non-hydrogen) atoms. The second-order valence-corrected chi connectivity index (χ2v) is 6.79. The third-order valence-corrected chi connectivity index (χ3v) is 4.46. The van der Waals surface area contributed by atoms with Crippen LogP contribution in [-0.2, 0) is 6.61 Å². The summed E-state index contributed by atoms with van der Waals surface area (Å²) in [7, 11) is 0. The van der Waals surface area contributed by atoms with Gasteiger partial charge in [0.05, 0.1) is 15.6 Å². The molecule has 7 heteroatoms. The minimum atomic E-state index is -1.18. The van der Waals surface area contributed by atoms with Crippen molar-refractivity contribution in [3.8, 4) is 17.2 Å². The Balaban J connectivity index is 1.95. The van der Waals surface area contributed by atoms with E-state index in [4.69, 9.17) is 44.3 Å². The molecule has 0 bridgehead atoms. The maximum Gasteiger partial charge on any atom is 0.337 e. The molecular weight excluding hydrogens is 411 g/mol. The van der Waals surface area contributed by atoms with Gasteiger partial charge in [-0.15, -0.1) is 0 Å². The first-order valence-corrected chi connectivity index (χ1v) is 8.94. The van der Waals surface area contributed by atoms with Gasteiger partial charge in [0.25, 0.3) is 0 Å². The molecule has 0 aliphatic rings. The van der Waals surface area contributed by atoms with Crippen LogP contribution in [0.1, 0.15) is 15.9 Å². The monoisotopic (exact) mass is 422 g/mol. The Hall–Kier alpha value is -2.40. The molecule has 1 N–H and O–H groups in total. The summed E-state index contributed by atoms with van der Waals surface area (Å²) < 4.78 is 11.6. The smallest absolute Gasteiger partial charge is 0.337 e. The number of hydrogen-bond acceptors (Lipinski definition) is 3. The molecule has 0 saturated heterocycles. The Bertz CT molecular complexity index is 974. The number of carbonyl (C=O) groups is 1. The number of carboxylic acids is 1. The number of carboxylic acid groups (broad SMARTS) is 1. The Morgan fingerprint density at radius 3 is 2.26 bits per heavy atom. The number of halogens is 3. The minimum absolute atomic E-state index is 0.0418. The third-order valence-electron chi connectivity index (χ3n) is 3.61. The molecule has 4 nitrogen and oxygen atoms in total. The fraction of sp³-hybridized carbons (Fsp3) is 0.0500. The predicted octanol–water partition coefficient (Wildman–Crippen LogP) is 6.72. The van der Waals surface area contributed by atoms with Gasteiger partial charge in [0.1, 0.15) is 12.4 Å². The van der Waals surface area contributed by atoms with Gasteiger partial charge < -0.3 is 14.6 Å². The van der Waals surface area contributed by atoms with Crippen LogP contribution in [0.4, 0.5) is 0 Å². The zero-order chi connectivity index (χ0) is 19.4. The highest BCUT2D eigenvalue weighted by atomic mass is 35.5. The average Bonchev–Trinajstić information content (AvgIpc) is 2.64. The summed E-state index contributed by atoms with van der Waals surface area (Å²) in [5.74, 6) is -0.400. The number of ether oxygens (including phenoxy) is 2. The zero-order valence-electron chi connectivity index (χ0n) is 13.8. The van der Waals surface area contributed by atoms with E-state index in [-0.39, 0.29) is 28.0 Å². The maximum absolute atomic E-state index is 11.4. The van der Waals surface area contributed by atoms with Gasteiger partial charge in [-0.3, -0.25) is 0 Å². The summed E-state index contributed by atoms with van der Waals surface area (Å²) in [5, 5.41) is 10.1. The van der Waals surface area contributed by atoms with E-state index in [9.17, 15) is 9.90 Å². The van der Waals surface area contributed by atoms with Crippen molar-refractivity contribution in [3.63, 3.8) is 0 Å². The molecule has 0 fully saturated rings. The van der Waals surface area contributed by atoms with Crippen molar-refractivity contribution >= 4 is 40.8 Å². The van der Waals surface area contributed by atoms with Crippen LogP contribution >= 0.6 is 34.8 Å². The maximum atomic E-state index is 11.4. The predicted molar refractivity (Wildman–Crippen MR) is 106 cm³/mol. The summed E-state index contributed by atoms with van der Waals surface area (Å²) in [5.41, 5.74) is 0.829. The van der Waals surface area contributed by atoms with Crippen molar-refractivity contribution in [2.45, 2.75) is 6.61 Å². The van der Waals surface area contributed by atoms with E-state index < -0.39 is 5.97 Å². The summed E-state index contributed by atoms with van der Waals surface area (Å²) in [6.07, 6.45) is 0. The lowest BCUT2D eigenvalue weighted by atomic mass is 10.2. The van der Waals surface area contributed by atoms with Crippen LogP contribution in [0.2, 0.25) is 15.1 Å². The van der Waals surface area contributed by atoms with Crippen LogP contribution in [0.5, 0.6) is 17.2 Å². The Morgan fingerprint density at radius 2 is 1.59 bits per heavy atom.